The summed E-state index contributed by atoms with van der Waals surface area (Å²) in [5.74, 6) is 1.10. The summed E-state index contributed by atoms with van der Waals surface area (Å²) in [6.07, 6.45) is 0.617. The predicted octanol–water partition coefficient (Wildman–Crippen LogP) is 3.70. The van der Waals surface area contributed by atoms with Gasteiger partial charge in [0.15, 0.2) is 5.82 Å². The Morgan fingerprint density at radius 2 is 1.88 bits per heavy atom. The number of hydrogen-bond donors (Lipinski definition) is 1. The molecule has 0 bridgehead atoms. The van der Waals surface area contributed by atoms with E-state index in [1.807, 2.05) is 44.3 Å². The molecule has 0 saturated carbocycles. The molecule has 1 heterocycles. The topological polar surface area (TPSA) is 60.2 Å². The van der Waals surface area contributed by atoms with E-state index in [1.54, 1.807) is 13.2 Å². The number of hydrogen-bond acceptors (Lipinski definition) is 5. The van der Waals surface area contributed by atoms with Crippen molar-refractivity contribution >= 4 is 0 Å². The van der Waals surface area contributed by atoms with Crippen LogP contribution in [0.15, 0.2) is 47.0 Å². The molecule has 1 atom stereocenters. The molecule has 0 spiro atoms. The van der Waals surface area contributed by atoms with E-state index < -0.39 is 5.82 Å². The largest absolute Gasteiger partial charge is 0.497 e. The normalized spacial score (nSPS) is 12.2. The summed E-state index contributed by atoms with van der Waals surface area (Å²) >= 11 is 0. The van der Waals surface area contributed by atoms with Gasteiger partial charge in [-0.05, 0) is 49.4 Å². The highest BCUT2D eigenvalue weighted by atomic mass is 19.1. The summed E-state index contributed by atoms with van der Waals surface area (Å²) in [7, 11) is 3.47. The SMILES string of the molecule is CNC(C)Cc1noc(-c2ccc(-c3ccc(OC)cc3)cc2F)n1. The second kappa shape index (κ2) is 7.44. The number of benzene rings is 2. The van der Waals surface area contributed by atoms with Gasteiger partial charge in [-0.25, -0.2) is 4.39 Å². The van der Waals surface area contributed by atoms with Crippen molar-refractivity contribution in [2.45, 2.75) is 19.4 Å². The molecule has 0 fully saturated rings. The number of likely N-dealkylation sites (N-methyl/N-ethyl adjacent to an activating group) is 1. The van der Waals surface area contributed by atoms with Crippen LogP contribution in [0.25, 0.3) is 22.6 Å². The molecule has 0 aliphatic rings. The first-order valence-corrected chi connectivity index (χ1v) is 8.05. The van der Waals surface area contributed by atoms with E-state index >= 15 is 0 Å². The molecular weight excluding hydrogens is 321 g/mol. The van der Waals surface area contributed by atoms with Crippen LogP contribution >= 0.6 is 0 Å². The van der Waals surface area contributed by atoms with Crippen LogP contribution in [0.4, 0.5) is 4.39 Å². The third kappa shape index (κ3) is 3.85. The van der Waals surface area contributed by atoms with Crippen LogP contribution in [-0.2, 0) is 6.42 Å². The van der Waals surface area contributed by atoms with Gasteiger partial charge in [-0.15, -0.1) is 0 Å². The lowest BCUT2D eigenvalue weighted by atomic mass is 10.0. The average Bonchev–Trinajstić information content (AvgIpc) is 3.09. The molecule has 1 unspecified atom stereocenters. The van der Waals surface area contributed by atoms with Crippen molar-refractivity contribution in [3.8, 4) is 28.3 Å². The maximum absolute atomic E-state index is 14.5. The van der Waals surface area contributed by atoms with E-state index in [0.29, 0.717) is 17.8 Å². The van der Waals surface area contributed by atoms with Gasteiger partial charge >= 0.3 is 0 Å². The number of nitrogens with zero attached hydrogens (tertiary/aromatic N) is 2. The van der Waals surface area contributed by atoms with E-state index in [0.717, 1.165) is 16.9 Å². The molecular formula is C19H20FN3O2. The maximum atomic E-state index is 14.5. The lowest BCUT2D eigenvalue weighted by Gasteiger charge is -2.06. The molecule has 2 aromatic carbocycles. The summed E-state index contributed by atoms with van der Waals surface area (Å²) in [6.45, 7) is 2.01. The fourth-order valence-corrected chi connectivity index (χ4v) is 2.47. The van der Waals surface area contributed by atoms with E-state index in [-0.39, 0.29) is 11.9 Å². The quantitative estimate of drug-likeness (QED) is 0.741. The van der Waals surface area contributed by atoms with Crippen LogP contribution < -0.4 is 10.1 Å². The van der Waals surface area contributed by atoms with Crippen LogP contribution in [0.2, 0.25) is 0 Å². The van der Waals surface area contributed by atoms with E-state index in [4.69, 9.17) is 9.26 Å². The van der Waals surface area contributed by atoms with Gasteiger partial charge in [0.2, 0.25) is 0 Å². The molecule has 3 rings (SSSR count). The average molecular weight is 341 g/mol. The third-order valence-electron chi connectivity index (χ3n) is 4.07. The smallest absolute Gasteiger partial charge is 0.260 e. The molecule has 130 valence electrons. The molecule has 5 nitrogen and oxygen atoms in total. The number of halogens is 1. The fraction of sp³-hybridized carbons (Fsp3) is 0.263. The molecule has 6 heteroatoms. The monoisotopic (exact) mass is 341 g/mol. The molecule has 25 heavy (non-hydrogen) atoms. The summed E-state index contributed by atoms with van der Waals surface area (Å²) in [4.78, 5) is 4.28. The van der Waals surface area contributed by atoms with Crippen molar-refractivity contribution in [3.05, 3.63) is 54.1 Å². The molecule has 1 aromatic heterocycles. The minimum atomic E-state index is -0.398. The molecule has 1 N–H and O–H groups in total. The molecule has 0 saturated heterocycles. The number of rotatable bonds is 6. The van der Waals surface area contributed by atoms with Crippen LogP contribution in [-0.4, -0.2) is 30.3 Å². The number of aromatic nitrogens is 2. The number of nitrogens with one attached hydrogen (secondary N) is 1. The Labute approximate surface area is 145 Å². The molecule has 3 aromatic rings. The summed E-state index contributed by atoms with van der Waals surface area (Å²) in [5, 5.41) is 7.02. The Balaban J connectivity index is 1.84. The Morgan fingerprint density at radius 1 is 1.16 bits per heavy atom. The van der Waals surface area contributed by atoms with Gasteiger partial charge in [0.1, 0.15) is 11.6 Å². The first-order valence-electron chi connectivity index (χ1n) is 8.05. The van der Waals surface area contributed by atoms with Gasteiger partial charge in [-0.3, -0.25) is 0 Å². The zero-order chi connectivity index (χ0) is 17.8. The molecule has 0 aliphatic carbocycles. The van der Waals surface area contributed by atoms with Crippen molar-refractivity contribution < 1.29 is 13.7 Å². The van der Waals surface area contributed by atoms with E-state index in [9.17, 15) is 4.39 Å². The third-order valence-corrected chi connectivity index (χ3v) is 4.07. The van der Waals surface area contributed by atoms with Gasteiger partial charge in [0, 0.05) is 12.5 Å². The van der Waals surface area contributed by atoms with Crippen molar-refractivity contribution in [1.82, 2.24) is 15.5 Å². The van der Waals surface area contributed by atoms with E-state index in [1.165, 1.54) is 6.07 Å². The van der Waals surface area contributed by atoms with Crippen LogP contribution in [0, 0.1) is 5.82 Å². The van der Waals surface area contributed by atoms with Crippen LogP contribution in [0.3, 0.4) is 0 Å². The lowest BCUT2D eigenvalue weighted by molar-refractivity contribution is 0.415. The number of methoxy groups -OCH3 is 1. The summed E-state index contributed by atoms with van der Waals surface area (Å²) in [6, 6.07) is 12.6. The molecule has 0 amide bonds. The second-order valence-electron chi connectivity index (χ2n) is 5.83. The van der Waals surface area contributed by atoms with Gasteiger partial charge in [-0.1, -0.05) is 23.4 Å². The summed E-state index contributed by atoms with van der Waals surface area (Å²) in [5.41, 5.74) is 1.97. The van der Waals surface area contributed by atoms with Gasteiger partial charge in [0.05, 0.1) is 12.7 Å². The zero-order valence-corrected chi connectivity index (χ0v) is 14.4. The Bertz CT molecular complexity index is 846. The standard InChI is InChI=1S/C19H20FN3O2/c1-12(21-2)10-18-22-19(25-23-18)16-9-6-14(11-17(16)20)13-4-7-15(24-3)8-5-13/h4-9,11-12,21H,10H2,1-3H3. The molecule has 0 aliphatic heterocycles. The van der Waals surface area contributed by atoms with Crippen molar-refractivity contribution in [2.75, 3.05) is 14.2 Å². The van der Waals surface area contributed by atoms with Gasteiger partial charge < -0.3 is 14.6 Å². The van der Waals surface area contributed by atoms with Crippen LogP contribution in [0.5, 0.6) is 5.75 Å². The first kappa shape index (κ1) is 17.1. The maximum Gasteiger partial charge on any atom is 0.260 e. The minimum Gasteiger partial charge on any atom is -0.497 e. The van der Waals surface area contributed by atoms with Crippen molar-refractivity contribution in [1.29, 1.82) is 0 Å². The second-order valence-corrected chi connectivity index (χ2v) is 5.83. The highest BCUT2D eigenvalue weighted by molar-refractivity contribution is 5.68. The van der Waals surface area contributed by atoms with Crippen molar-refractivity contribution in [2.24, 2.45) is 0 Å². The van der Waals surface area contributed by atoms with E-state index in [2.05, 4.69) is 15.5 Å². The van der Waals surface area contributed by atoms with Gasteiger partial charge in [0.25, 0.3) is 5.89 Å². The Kier molecular flexibility index (Phi) is 5.09. The Morgan fingerprint density at radius 3 is 2.52 bits per heavy atom. The molecule has 0 radical (unpaired) electrons. The Hall–Kier alpha value is -2.73. The summed E-state index contributed by atoms with van der Waals surface area (Å²) < 4.78 is 24.9. The predicted molar refractivity (Wildman–Crippen MR) is 93.9 cm³/mol. The number of ether oxygens (including phenoxy) is 1. The van der Waals surface area contributed by atoms with Crippen molar-refractivity contribution in [3.63, 3.8) is 0 Å². The fourth-order valence-electron chi connectivity index (χ4n) is 2.47. The van der Waals surface area contributed by atoms with Crippen LogP contribution in [0.1, 0.15) is 12.7 Å². The minimum absolute atomic E-state index is 0.192. The first-order chi connectivity index (χ1) is 12.1. The van der Waals surface area contributed by atoms with Gasteiger partial charge in [-0.2, -0.15) is 4.98 Å². The lowest BCUT2D eigenvalue weighted by Crippen LogP contribution is -2.24. The highest BCUT2D eigenvalue weighted by Crippen LogP contribution is 2.28. The highest BCUT2D eigenvalue weighted by Gasteiger charge is 2.15. The zero-order valence-electron chi connectivity index (χ0n) is 14.4.